The van der Waals surface area contributed by atoms with Gasteiger partial charge in [0, 0.05) is 16.8 Å². The van der Waals surface area contributed by atoms with Gasteiger partial charge in [-0.25, -0.2) is 0 Å². The molecule has 0 bridgehead atoms. The summed E-state index contributed by atoms with van der Waals surface area (Å²) < 4.78 is 7.49. The third-order valence-electron chi connectivity index (χ3n) is 4.05. The summed E-state index contributed by atoms with van der Waals surface area (Å²) >= 11 is 6.01. The average Bonchev–Trinajstić information content (AvgIpc) is 3.05. The number of benzene rings is 1. The molecular formula is C18H15ClN4O2. The van der Waals surface area contributed by atoms with Crippen molar-refractivity contribution < 1.29 is 9.53 Å². The molecule has 25 heavy (non-hydrogen) atoms. The summed E-state index contributed by atoms with van der Waals surface area (Å²) in [6.45, 7) is 2.09. The first-order valence-electron chi connectivity index (χ1n) is 7.85. The Morgan fingerprint density at radius 3 is 3.08 bits per heavy atom. The van der Waals surface area contributed by atoms with Gasteiger partial charge in [-0.05, 0) is 43.3 Å². The van der Waals surface area contributed by atoms with Crippen LogP contribution < -0.4 is 10.1 Å². The molecule has 1 aromatic carbocycles. The first-order valence-corrected chi connectivity index (χ1v) is 8.23. The standard InChI is InChI=1S/C18H15ClN4O2/c1-11(17-22-21-16-4-2-3-7-23(16)17)20-18(24)13-8-12-9-14(19)5-6-15(12)25-10-13/h2-9,11H,10H2,1H3,(H,20,24)/t11-/m0/s1. The zero-order valence-electron chi connectivity index (χ0n) is 13.4. The number of hydrogen-bond donors (Lipinski definition) is 1. The number of carbonyl (C=O) groups excluding carboxylic acids is 1. The number of pyridine rings is 1. The Hall–Kier alpha value is -2.86. The Balaban J connectivity index is 1.56. The van der Waals surface area contributed by atoms with Crippen molar-refractivity contribution in [2.24, 2.45) is 0 Å². The van der Waals surface area contributed by atoms with Crippen LogP contribution in [-0.2, 0) is 4.79 Å². The van der Waals surface area contributed by atoms with Crippen LogP contribution in [0.4, 0.5) is 0 Å². The second kappa shape index (κ2) is 6.22. The molecule has 0 aliphatic carbocycles. The van der Waals surface area contributed by atoms with Crippen LogP contribution in [0.25, 0.3) is 11.7 Å². The predicted octanol–water partition coefficient (Wildman–Crippen LogP) is 3.04. The second-order valence-corrected chi connectivity index (χ2v) is 6.26. The first-order chi connectivity index (χ1) is 12.1. The van der Waals surface area contributed by atoms with E-state index in [0.29, 0.717) is 16.4 Å². The fraction of sp³-hybridized carbons (Fsp3) is 0.167. The summed E-state index contributed by atoms with van der Waals surface area (Å²) in [6, 6.07) is 10.7. The number of hydrogen-bond acceptors (Lipinski definition) is 4. The van der Waals surface area contributed by atoms with Gasteiger partial charge in [0.15, 0.2) is 11.5 Å². The van der Waals surface area contributed by atoms with E-state index in [9.17, 15) is 4.79 Å². The van der Waals surface area contributed by atoms with Gasteiger partial charge in [0.2, 0.25) is 0 Å². The van der Waals surface area contributed by atoms with Gasteiger partial charge in [-0.1, -0.05) is 17.7 Å². The van der Waals surface area contributed by atoms with Crippen molar-refractivity contribution in [2.45, 2.75) is 13.0 Å². The molecule has 1 atom stereocenters. The molecule has 0 saturated carbocycles. The minimum Gasteiger partial charge on any atom is -0.488 e. The molecule has 1 aliphatic rings. The van der Waals surface area contributed by atoms with Crippen LogP contribution in [0.5, 0.6) is 5.75 Å². The fourth-order valence-corrected chi connectivity index (χ4v) is 2.97. The molecule has 3 heterocycles. The summed E-state index contributed by atoms with van der Waals surface area (Å²) in [5, 5.41) is 11.8. The molecule has 1 N–H and O–H groups in total. The lowest BCUT2D eigenvalue weighted by Gasteiger charge is -2.19. The molecule has 6 nitrogen and oxygen atoms in total. The highest BCUT2D eigenvalue weighted by molar-refractivity contribution is 6.30. The fourth-order valence-electron chi connectivity index (χ4n) is 2.79. The van der Waals surface area contributed by atoms with Crippen LogP contribution in [-0.4, -0.2) is 27.1 Å². The maximum atomic E-state index is 12.6. The largest absolute Gasteiger partial charge is 0.488 e. The molecule has 1 aliphatic heterocycles. The summed E-state index contributed by atoms with van der Waals surface area (Å²) in [5.41, 5.74) is 2.07. The van der Waals surface area contributed by atoms with Gasteiger partial charge in [0.25, 0.3) is 5.91 Å². The SMILES string of the molecule is C[C@H](NC(=O)C1=Cc2cc(Cl)ccc2OC1)c1nnc2ccccn12. The number of ether oxygens (including phenoxy) is 1. The Kier molecular flexibility index (Phi) is 3.89. The molecule has 3 aromatic rings. The van der Waals surface area contributed by atoms with Gasteiger partial charge in [-0.3, -0.25) is 9.20 Å². The van der Waals surface area contributed by atoms with Crippen LogP contribution in [0.2, 0.25) is 5.02 Å². The van der Waals surface area contributed by atoms with E-state index in [4.69, 9.17) is 16.3 Å². The number of rotatable bonds is 3. The topological polar surface area (TPSA) is 68.5 Å². The normalized spacial score (nSPS) is 14.4. The summed E-state index contributed by atoms with van der Waals surface area (Å²) in [6.07, 6.45) is 3.67. The van der Waals surface area contributed by atoms with Gasteiger partial charge >= 0.3 is 0 Å². The summed E-state index contributed by atoms with van der Waals surface area (Å²) in [5.74, 6) is 1.19. The van der Waals surface area contributed by atoms with Crippen LogP contribution in [0, 0.1) is 0 Å². The Bertz CT molecular complexity index is 996. The zero-order valence-corrected chi connectivity index (χ0v) is 14.2. The van der Waals surface area contributed by atoms with Crippen LogP contribution in [0.15, 0.2) is 48.2 Å². The number of fused-ring (bicyclic) bond motifs is 2. The van der Waals surface area contributed by atoms with Gasteiger partial charge in [0.1, 0.15) is 12.4 Å². The summed E-state index contributed by atoms with van der Waals surface area (Å²) in [7, 11) is 0. The molecule has 2 aromatic heterocycles. The van der Waals surface area contributed by atoms with E-state index in [1.807, 2.05) is 35.7 Å². The van der Waals surface area contributed by atoms with E-state index in [1.165, 1.54) is 0 Å². The van der Waals surface area contributed by atoms with E-state index in [0.717, 1.165) is 17.0 Å². The molecule has 1 amide bonds. The van der Waals surface area contributed by atoms with Gasteiger partial charge in [-0.2, -0.15) is 0 Å². The van der Waals surface area contributed by atoms with Crippen LogP contribution in [0.3, 0.4) is 0 Å². The quantitative estimate of drug-likeness (QED) is 0.785. The number of nitrogens with zero attached hydrogens (tertiary/aromatic N) is 3. The average molecular weight is 355 g/mol. The minimum absolute atomic E-state index is 0.203. The molecular weight excluding hydrogens is 340 g/mol. The van der Waals surface area contributed by atoms with Gasteiger partial charge in [0.05, 0.1) is 11.6 Å². The third-order valence-corrected chi connectivity index (χ3v) is 4.29. The van der Waals surface area contributed by atoms with Crippen LogP contribution >= 0.6 is 11.6 Å². The maximum absolute atomic E-state index is 12.6. The number of amides is 1. The maximum Gasteiger partial charge on any atom is 0.251 e. The predicted molar refractivity (Wildman–Crippen MR) is 94.5 cm³/mol. The van der Waals surface area contributed by atoms with Crippen molar-refractivity contribution in [1.29, 1.82) is 0 Å². The molecule has 0 saturated heterocycles. The van der Waals surface area contributed by atoms with Crippen molar-refractivity contribution in [3.8, 4) is 5.75 Å². The van der Waals surface area contributed by atoms with E-state index in [2.05, 4.69) is 15.5 Å². The van der Waals surface area contributed by atoms with E-state index < -0.39 is 0 Å². The number of carbonyl (C=O) groups is 1. The second-order valence-electron chi connectivity index (χ2n) is 5.82. The minimum atomic E-state index is -0.299. The van der Waals surface area contributed by atoms with Crippen LogP contribution in [0.1, 0.15) is 24.4 Å². The summed E-state index contributed by atoms with van der Waals surface area (Å²) in [4.78, 5) is 12.6. The highest BCUT2D eigenvalue weighted by Gasteiger charge is 2.21. The molecule has 7 heteroatoms. The van der Waals surface area contributed by atoms with E-state index in [-0.39, 0.29) is 18.6 Å². The monoisotopic (exact) mass is 354 g/mol. The van der Waals surface area contributed by atoms with E-state index >= 15 is 0 Å². The molecule has 0 unspecified atom stereocenters. The number of aromatic nitrogens is 3. The molecule has 126 valence electrons. The first kappa shape index (κ1) is 15.7. The molecule has 0 radical (unpaired) electrons. The Morgan fingerprint density at radius 2 is 2.20 bits per heavy atom. The molecule has 0 spiro atoms. The lowest BCUT2D eigenvalue weighted by atomic mass is 10.1. The highest BCUT2D eigenvalue weighted by atomic mass is 35.5. The lowest BCUT2D eigenvalue weighted by Crippen LogP contribution is -2.31. The lowest BCUT2D eigenvalue weighted by molar-refractivity contribution is -0.118. The highest BCUT2D eigenvalue weighted by Crippen LogP contribution is 2.29. The van der Waals surface area contributed by atoms with Crippen molar-refractivity contribution in [1.82, 2.24) is 19.9 Å². The number of nitrogens with one attached hydrogen (secondary N) is 1. The van der Waals surface area contributed by atoms with E-state index in [1.54, 1.807) is 24.3 Å². The van der Waals surface area contributed by atoms with Crippen molar-refractivity contribution >= 4 is 29.2 Å². The van der Waals surface area contributed by atoms with Crippen molar-refractivity contribution in [2.75, 3.05) is 6.61 Å². The smallest absolute Gasteiger partial charge is 0.251 e. The molecule has 4 rings (SSSR count). The Morgan fingerprint density at radius 1 is 1.32 bits per heavy atom. The van der Waals surface area contributed by atoms with Gasteiger partial charge < -0.3 is 10.1 Å². The van der Waals surface area contributed by atoms with Crippen molar-refractivity contribution in [3.05, 3.63) is 64.6 Å². The van der Waals surface area contributed by atoms with Crippen molar-refractivity contribution in [3.63, 3.8) is 0 Å². The zero-order chi connectivity index (χ0) is 17.4. The van der Waals surface area contributed by atoms with Gasteiger partial charge in [-0.15, -0.1) is 10.2 Å². The Labute approximate surface area is 149 Å². The third kappa shape index (κ3) is 2.96. The number of halogens is 1. The molecule has 0 fully saturated rings.